The normalized spacial score (nSPS) is 27.1. The molecule has 44 heavy (non-hydrogen) atoms. The van der Waals surface area contributed by atoms with Gasteiger partial charge in [-0.2, -0.15) is 0 Å². The summed E-state index contributed by atoms with van der Waals surface area (Å²) in [5, 5.41) is 0. The second-order valence-electron chi connectivity index (χ2n) is 13.3. The summed E-state index contributed by atoms with van der Waals surface area (Å²) in [6.07, 6.45) is 38.3. The molecular weight excluding hydrogens is 694 g/mol. The summed E-state index contributed by atoms with van der Waals surface area (Å²) in [4.78, 5) is 13.2. The van der Waals surface area contributed by atoms with Gasteiger partial charge in [0.25, 0.3) is 0 Å². The molecule has 1 saturated heterocycles. The molecule has 0 spiro atoms. The maximum Gasteiger partial charge on any atom is 0.673 e. The molecule has 5 aliphatic carbocycles. The van der Waals surface area contributed by atoms with Crippen LogP contribution in [0.1, 0.15) is 141 Å². The van der Waals surface area contributed by atoms with E-state index in [1.807, 2.05) is 0 Å². The molecule has 255 valence electrons. The van der Waals surface area contributed by atoms with Crippen LogP contribution in [0.15, 0.2) is 24.3 Å². The first-order chi connectivity index (χ1) is 20.8. The molecule has 6 aliphatic rings. The topological polar surface area (TPSA) is 29.5 Å². The van der Waals surface area contributed by atoms with Crippen LogP contribution in [-0.4, -0.2) is 53.1 Å². The van der Waals surface area contributed by atoms with Crippen molar-refractivity contribution in [3.63, 3.8) is 0 Å². The molecule has 1 radical (unpaired) electrons. The van der Waals surface area contributed by atoms with E-state index in [4.69, 9.17) is 4.52 Å². The Morgan fingerprint density at radius 1 is 0.636 bits per heavy atom. The minimum atomic E-state index is -6.00. The molecule has 1 atom stereocenters. The van der Waals surface area contributed by atoms with Gasteiger partial charge in [-0.3, -0.25) is 4.79 Å². The first kappa shape index (κ1) is 38.6. The van der Waals surface area contributed by atoms with Gasteiger partial charge in [0.2, 0.25) is 5.91 Å². The Balaban J connectivity index is 0.000000317. The van der Waals surface area contributed by atoms with E-state index in [9.17, 15) is 22.1 Å². The van der Waals surface area contributed by atoms with Crippen molar-refractivity contribution in [1.82, 2.24) is 4.67 Å². The molecule has 1 aliphatic heterocycles. The minimum Gasteiger partial charge on any atom is -0.418 e. The number of halogens is 4. The Labute approximate surface area is 280 Å². The molecular formula is C33H55BF4NO2P2Rh-. The van der Waals surface area contributed by atoms with Crippen LogP contribution in [-0.2, 0) is 28.8 Å². The number of allylic oxidation sites excluding steroid dienone is 4. The quantitative estimate of drug-likeness (QED) is 0.107. The number of nitrogens with zero attached hydrogens (tertiary/aromatic N) is 1. The van der Waals surface area contributed by atoms with Crippen LogP contribution < -0.4 is 0 Å². The number of amides is 1. The number of rotatable bonds is 8. The van der Waals surface area contributed by atoms with Crippen LogP contribution in [0.4, 0.5) is 17.3 Å². The Kier molecular flexibility index (Phi) is 18.0. The molecule has 0 bridgehead atoms. The van der Waals surface area contributed by atoms with E-state index in [-0.39, 0.29) is 35.7 Å². The van der Waals surface area contributed by atoms with Gasteiger partial charge < -0.3 is 26.5 Å². The van der Waals surface area contributed by atoms with Crippen LogP contribution in [0.3, 0.4) is 0 Å². The third-order valence-electron chi connectivity index (χ3n) is 10.1. The van der Waals surface area contributed by atoms with Crippen molar-refractivity contribution in [2.24, 2.45) is 0 Å². The number of carbonyl (C=O) groups excluding carboxylic acids is 1. The Hall–Kier alpha value is 0.178. The molecule has 6 rings (SSSR count). The standard InChI is InChI=1S/C25H43NO2P2.C8H12.BF4.Rh/c27-25-18-17-20(19-28-30(23-13-5-6-14-23)24-15-7-8-16-24)26(25)29(21-9-1-2-10-21)22-11-3-4-12-22;1-2-4-6-8-7-5-3-1;2-1(3,4)5;/h20-24H,1-19H2;1-2,7-8H,3-6H2;;/q;;-1;/b;2-1-,8-7-;;/t20-;;;/m0.../s1. The van der Waals surface area contributed by atoms with Gasteiger partial charge in [-0.25, -0.2) is 0 Å². The fourth-order valence-corrected chi connectivity index (χ4v) is 15.2. The molecule has 1 heterocycles. The molecule has 0 unspecified atom stereocenters. The SMILES string of the molecule is C1=C\CC/C=C\CC/1.F[B-](F)(F)F.O=C1CC[C@@H](COP(C2CCCC2)C2CCCC2)N1P(C1CCCC1)C1CCCC1.[Rh]. The largest absolute Gasteiger partial charge is 0.673 e. The van der Waals surface area contributed by atoms with Crippen molar-refractivity contribution in [2.45, 2.75) is 170 Å². The maximum absolute atomic E-state index is 13.2. The van der Waals surface area contributed by atoms with E-state index in [1.54, 1.807) is 0 Å². The van der Waals surface area contributed by atoms with Gasteiger partial charge in [0.05, 0.1) is 12.6 Å². The fourth-order valence-electron chi connectivity index (χ4n) is 8.04. The van der Waals surface area contributed by atoms with E-state index in [2.05, 4.69) is 29.0 Å². The number of hydrogen-bond acceptors (Lipinski definition) is 2. The van der Waals surface area contributed by atoms with Crippen LogP contribution >= 0.6 is 16.2 Å². The summed E-state index contributed by atoms with van der Waals surface area (Å²) in [6, 6.07) is 0.401. The summed E-state index contributed by atoms with van der Waals surface area (Å²) in [5.41, 5.74) is 3.39. The van der Waals surface area contributed by atoms with Crippen molar-refractivity contribution in [1.29, 1.82) is 0 Å². The molecule has 0 N–H and O–H groups in total. The van der Waals surface area contributed by atoms with E-state index < -0.39 is 7.25 Å². The second kappa shape index (κ2) is 20.5. The van der Waals surface area contributed by atoms with Crippen LogP contribution in [0.25, 0.3) is 0 Å². The monoisotopic (exact) mass is 749 g/mol. The molecule has 4 saturated carbocycles. The molecule has 3 nitrogen and oxygen atoms in total. The van der Waals surface area contributed by atoms with Gasteiger partial charge in [0.15, 0.2) is 0 Å². The third kappa shape index (κ3) is 13.0. The van der Waals surface area contributed by atoms with Gasteiger partial charge in [0.1, 0.15) is 0 Å². The number of carbonyl (C=O) groups is 1. The zero-order valence-electron chi connectivity index (χ0n) is 26.5. The Morgan fingerprint density at radius 3 is 1.34 bits per heavy atom. The Morgan fingerprint density at radius 2 is 0.977 bits per heavy atom. The van der Waals surface area contributed by atoms with Crippen molar-refractivity contribution in [3.05, 3.63) is 24.3 Å². The summed E-state index contributed by atoms with van der Waals surface area (Å²) in [6.45, 7) is 0.864. The first-order valence-electron chi connectivity index (χ1n) is 17.5. The second-order valence-corrected chi connectivity index (χ2v) is 18.4. The summed E-state index contributed by atoms with van der Waals surface area (Å²) >= 11 is 0. The van der Waals surface area contributed by atoms with Crippen molar-refractivity contribution < 1.29 is 46.1 Å². The van der Waals surface area contributed by atoms with Gasteiger partial charge >= 0.3 is 7.25 Å². The zero-order chi connectivity index (χ0) is 30.5. The maximum atomic E-state index is 13.2. The van der Waals surface area contributed by atoms with E-state index in [0.29, 0.717) is 11.9 Å². The predicted octanol–water partition coefficient (Wildman–Crippen LogP) is 11.5. The zero-order valence-corrected chi connectivity index (χ0v) is 30.0. The molecule has 0 aromatic carbocycles. The summed E-state index contributed by atoms with van der Waals surface area (Å²) < 4.78 is 48.4. The average molecular weight is 749 g/mol. The van der Waals surface area contributed by atoms with Crippen molar-refractivity contribution in [2.75, 3.05) is 6.61 Å². The smallest absolute Gasteiger partial charge is 0.418 e. The minimum absolute atomic E-state index is 0. The van der Waals surface area contributed by atoms with E-state index in [0.717, 1.165) is 42.1 Å². The summed E-state index contributed by atoms with van der Waals surface area (Å²) in [5.74, 6) is 0.486. The van der Waals surface area contributed by atoms with Crippen molar-refractivity contribution >= 4 is 29.4 Å². The average Bonchev–Trinajstić information content (AvgIpc) is 3.78. The van der Waals surface area contributed by atoms with E-state index >= 15 is 0 Å². The summed E-state index contributed by atoms with van der Waals surface area (Å²) in [7, 11) is -6.57. The molecule has 5 fully saturated rings. The molecule has 1 amide bonds. The molecule has 0 aromatic heterocycles. The van der Waals surface area contributed by atoms with Crippen LogP contribution in [0.2, 0.25) is 0 Å². The van der Waals surface area contributed by atoms with Crippen LogP contribution in [0.5, 0.6) is 0 Å². The van der Waals surface area contributed by atoms with E-state index in [1.165, 1.54) is 128 Å². The third-order valence-corrected chi connectivity index (χ3v) is 16.6. The van der Waals surface area contributed by atoms with Crippen LogP contribution in [0, 0.1) is 0 Å². The van der Waals surface area contributed by atoms with Gasteiger partial charge in [-0.05, 0) is 94.8 Å². The molecule has 0 aromatic rings. The van der Waals surface area contributed by atoms with Gasteiger partial charge in [0, 0.05) is 53.4 Å². The van der Waals surface area contributed by atoms with Crippen molar-refractivity contribution in [3.8, 4) is 0 Å². The fraction of sp³-hybridized carbons (Fsp3) is 0.848. The predicted molar refractivity (Wildman–Crippen MR) is 176 cm³/mol. The number of hydrogen-bond donors (Lipinski definition) is 0. The first-order valence-corrected chi connectivity index (χ1v) is 20.3. The van der Waals surface area contributed by atoms with Gasteiger partial charge in [-0.15, -0.1) is 0 Å². The molecule has 11 heteroatoms. The van der Waals surface area contributed by atoms with Gasteiger partial charge in [-0.1, -0.05) is 75.7 Å². The Bertz CT molecular complexity index is 810.